The third-order valence-corrected chi connectivity index (χ3v) is 6.21. The van der Waals surface area contributed by atoms with Gasteiger partial charge in [0.2, 0.25) is 0 Å². The first-order chi connectivity index (χ1) is 17.0. The number of rotatable bonds is 8. The van der Waals surface area contributed by atoms with Gasteiger partial charge in [-0.1, -0.05) is 80.1 Å². The summed E-state index contributed by atoms with van der Waals surface area (Å²) in [5, 5.41) is 0. The maximum atomic E-state index is 15.0. The number of ether oxygens (including phenoxy) is 2. The van der Waals surface area contributed by atoms with E-state index < -0.39 is 17.5 Å². The quantitative estimate of drug-likeness (QED) is 0.241. The van der Waals surface area contributed by atoms with Crippen LogP contribution in [0.3, 0.4) is 0 Å². The molecule has 1 unspecified atom stereocenters. The molecule has 5 rings (SSSR count). The van der Waals surface area contributed by atoms with Crippen molar-refractivity contribution >= 4 is 0 Å². The van der Waals surface area contributed by atoms with E-state index in [2.05, 4.69) is 6.92 Å². The van der Waals surface area contributed by atoms with Crippen LogP contribution in [0.5, 0.6) is 5.75 Å². The van der Waals surface area contributed by atoms with Crippen LogP contribution in [0.15, 0.2) is 78.9 Å². The molecular weight excluding hydrogens is 449 g/mol. The van der Waals surface area contributed by atoms with Crippen LogP contribution in [-0.4, -0.2) is 6.61 Å². The Balaban J connectivity index is 1.29. The summed E-state index contributed by atoms with van der Waals surface area (Å²) in [6.45, 7) is 2.87. The van der Waals surface area contributed by atoms with Crippen LogP contribution in [0.25, 0.3) is 22.3 Å². The van der Waals surface area contributed by atoms with Gasteiger partial charge in [0.05, 0.1) is 6.61 Å². The fourth-order valence-electron chi connectivity index (χ4n) is 4.15. The smallest absolute Gasteiger partial charge is 0.167 e. The Kier molecular flexibility index (Phi) is 6.60. The number of epoxide rings is 1. The molecule has 35 heavy (non-hydrogen) atoms. The second-order valence-corrected chi connectivity index (χ2v) is 8.73. The number of benzene rings is 4. The number of hydrogen-bond acceptors (Lipinski definition) is 2. The zero-order valence-corrected chi connectivity index (χ0v) is 19.4. The Hall–Kier alpha value is -3.57. The molecular formula is C30H25F3O2. The van der Waals surface area contributed by atoms with E-state index >= 15 is 0 Å². The van der Waals surface area contributed by atoms with Gasteiger partial charge in [-0.2, -0.15) is 0 Å². The highest BCUT2D eigenvalue weighted by atomic mass is 19.2. The first-order valence-corrected chi connectivity index (χ1v) is 11.7. The molecule has 1 atom stereocenters. The lowest BCUT2D eigenvalue weighted by atomic mass is 9.97. The van der Waals surface area contributed by atoms with Gasteiger partial charge in [0.15, 0.2) is 23.2 Å². The summed E-state index contributed by atoms with van der Waals surface area (Å²) in [6, 6.07) is 22.5. The van der Waals surface area contributed by atoms with Crippen molar-refractivity contribution in [3.05, 3.63) is 113 Å². The molecule has 0 aliphatic carbocycles. The van der Waals surface area contributed by atoms with Gasteiger partial charge in [0, 0.05) is 11.1 Å². The Morgan fingerprint density at radius 3 is 1.86 bits per heavy atom. The van der Waals surface area contributed by atoms with Crippen LogP contribution in [0, 0.1) is 17.5 Å². The van der Waals surface area contributed by atoms with Crippen molar-refractivity contribution < 1.29 is 22.6 Å². The molecule has 1 fully saturated rings. The molecule has 4 aromatic rings. The van der Waals surface area contributed by atoms with Crippen molar-refractivity contribution in [3.8, 4) is 28.0 Å². The van der Waals surface area contributed by atoms with Crippen molar-refractivity contribution in [2.24, 2.45) is 0 Å². The lowest BCUT2D eigenvalue weighted by Gasteiger charge is -2.11. The van der Waals surface area contributed by atoms with Gasteiger partial charge < -0.3 is 9.47 Å². The Labute approximate surface area is 203 Å². The van der Waals surface area contributed by atoms with Gasteiger partial charge in [0.25, 0.3) is 0 Å². The molecule has 2 nitrogen and oxygen atoms in total. The molecule has 5 heteroatoms. The monoisotopic (exact) mass is 474 g/mol. The van der Waals surface area contributed by atoms with Crippen LogP contribution >= 0.6 is 0 Å². The number of aryl methyl sites for hydroxylation is 1. The van der Waals surface area contributed by atoms with Gasteiger partial charge >= 0.3 is 0 Å². The molecule has 1 aliphatic rings. The van der Waals surface area contributed by atoms with Crippen LogP contribution in [-0.2, 0) is 17.8 Å². The van der Waals surface area contributed by atoms with Crippen LogP contribution < -0.4 is 4.74 Å². The average Bonchev–Trinajstić information content (AvgIpc) is 3.72. The molecule has 0 amide bonds. The third-order valence-electron chi connectivity index (χ3n) is 6.21. The van der Waals surface area contributed by atoms with Crippen molar-refractivity contribution in [2.45, 2.75) is 32.5 Å². The Morgan fingerprint density at radius 2 is 1.34 bits per heavy atom. The second-order valence-electron chi connectivity index (χ2n) is 8.73. The number of hydrogen-bond donors (Lipinski definition) is 0. The summed E-state index contributed by atoms with van der Waals surface area (Å²) in [4.78, 5) is 0. The average molecular weight is 475 g/mol. The molecule has 0 N–H and O–H groups in total. The SMILES string of the molecule is CCCc1ccc(-c2ccc(-c3ccc(COc4ccc(C5CO5)cc4F)cc3)c(F)c2F)cc1. The van der Waals surface area contributed by atoms with E-state index in [0.29, 0.717) is 17.7 Å². The molecule has 178 valence electrons. The molecule has 1 heterocycles. The highest BCUT2D eigenvalue weighted by Crippen LogP contribution is 2.33. The molecule has 1 aliphatic heterocycles. The van der Waals surface area contributed by atoms with Gasteiger partial charge in [-0.25, -0.2) is 13.2 Å². The maximum Gasteiger partial charge on any atom is 0.167 e. The summed E-state index contributed by atoms with van der Waals surface area (Å²) >= 11 is 0. The zero-order valence-electron chi connectivity index (χ0n) is 19.4. The standard InChI is InChI=1S/C30H25F3O2/c1-2-3-19-4-8-21(9-5-19)24-13-14-25(30(33)29(24)32)22-10-6-20(7-11-22)17-34-27-15-12-23(16-26(27)31)28-18-35-28/h4-16,28H,2-3,17-18H2,1H3. The minimum absolute atomic E-state index is 0.0169. The van der Waals surface area contributed by atoms with Crippen molar-refractivity contribution in [3.63, 3.8) is 0 Å². The second kappa shape index (κ2) is 9.96. The minimum Gasteiger partial charge on any atom is -0.486 e. The highest BCUT2D eigenvalue weighted by Gasteiger charge is 2.25. The fraction of sp³-hybridized carbons (Fsp3) is 0.200. The molecule has 0 radical (unpaired) electrons. The van der Waals surface area contributed by atoms with E-state index in [9.17, 15) is 13.2 Å². The topological polar surface area (TPSA) is 21.8 Å². The lowest BCUT2D eigenvalue weighted by Crippen LogP contribution is -1.99. The summed E-state index contributed by atoms with van der Waals surface area (Å²) in [7, 11) is 0. The molecule has 0 saturated carbocycles. The van der Waals surface area contributed by atoms with Crippen molar-refractivity contribution in [1.29, 1.82) is 0 Å². The first-order valence-electron chi connectivity index (χ1n) is 11.7. The molecule has 0 aromatic heterocycles. The summed E-state index contributed by atoms with van der Waals surface area (Å²) in [6.07, 6.45) is 1.97. The Bertz CT molecular complexity index is 1330. The Morgan fingerprint density at radius 1 is 0.771 bits per heavy atom. The molecule has 0 bridgehead atoms. The maximum absolute atomic E-state index is 15.0. The third kappa shape index (κ3) is 5.10. The summed E-state index contributed by atoms with van der Waals surface area (Å²) in [5.41, 5.74) is 4.37. The lowest BCUT2D eigenvalue weighted by molar-refractivity contribution is 0.290. The van der Waals surface area contributed by atoms with E-state index in [4.69, 9.17) is 9.47 Å². The van der Waals surface area contributed by atoms with Gasteiger partial charge in [-0.3, -0.25) is 0 Å². The van der Waals surface area contributed by atoms with Crippen molar-refractivity contribution in [1.82, 2.24) is 0 Å². The fourth-order valence-corrected chi connectivity index (χ4v) is 4.15. The predicted molar refractivity (Wildman–Crippen MR) is 131 cm³/mol. The van der Waals surface area contributed by atoms with Gasteiger partial charge in [0.1, 0.15) is 12.7 Å². The van der Waals surface area contributed by atoms with E-state index in [-0.39, 0.29) is 29.6 Å². The largest absolute Gasteiger partial charge is 0.486 e. The normalized spacial score (nSPS) is 14.7. The number of halogens is 3. The van der Waals surface area contributed by atoms with Gasteiger partial charge in [-0.15, -0.1) is 0 Å². The first kappa shape index (κ1) is 23.2. The molecule has 1 saturated heterocycles. The summed E-state index contributed by atoms with van der Waals surface area (Å²) in [5.74, 6) is -2.03. The summed E-state index contributed by atoms with van der Waals surface area (Å²) < 4.78 is 55.0. The zero-order chi connectivity index (χ0) is 24.4. The molecule has 0 spiro atoms. The van der Waals surface area contributed by atoms with E-state index in [0.717, 1.165) is 24.0 Å². The minimum atomic E-state index is -0.883. The highest BCUT2D eigenvalue weighted by molar-refractivity contribution is 5.72. The van der Waals surface area contributed by atoms with Crippen LogP contribution in [0.2, 0.25) is 0 Å². The predicted octanol–water partition coefficient (Wildman–Crippen LogP) is 8.04. The van der Waals surface area contributed by atoms with Gasteiger partial charge in [-0.05, 0) is 46.4 Å². The van der Waals surface area contributed by atoms with E-state index in [1.807, 2.05) is 24.3 Å². The van der Waals surface area contributed by atoms with E-state index in [1.165, 1.54) is 11.6 Å². The van der Waals surface area contributed by atoms with Crippen molar-refractivity contribution in [2.75, 3.05) is 6.61 Å². The van der Waals surface area contributed by atoms with Crippen LogP contribution in [0.1, 0.15) is 36.1 Å². The van der Waals surface area contributed by atoms with E-state index in [1.54, 1.807) is 48.5 Å². The van der Waals surface area contributed by atoms with Crippen LogP contribution in [0.4, 0.5) is 13.2 Å². The molecule has 4 aromatic carbocycles.